The van der Waals surface area contributed by atoms with E-state index in [4.69, 9.17) is 4.42 Å². The molecule has 3 nitrogen and oxygen atoms in total. The molecular formula is C11H8BrFO3. The van der Waals surface area contributed by atoms with E-state index in [0.29, 0.717) is 21.2 Å². The zero-order valence-corrected chi connectivity index (χ0v) is 10.0. The third kappa shape index (κ3) is 1.95. The van der Waals surface area contributed by atoms with Gasteiger partial charge in [-0.3, -0.25) is 4.79 Å². The van der Waals surface area contributed by atoms with E-state index in [1.54, 1.807) is 6.07 Å². The van der Waals surface area contributed by atoms with Crippen LogP contribution in [0.5, 0.6) is 0 Å². The summed E-state index contributed by atoms with van der Waals surface area (Å²) in [5, 5.41) is 0.707. The second kappa shape index (κ2) is 4.25. The zero-order valence-electron chi connectivity index (χ0n) is 8.42. The molecule has 0 unspecified atom stereocenters. The molecule has 0 atom stereocenters. The van der Waals surface area contributed by atoms with Gasteiger partial charge in [0.25, 0.3) is 0 Å². The summed E-state index contributed by atoms with van der Waals surface area (Å²) in [5.41, 5.74) is 1.08. The standard InChI is InChI=1S/C11H8BrFO3/c1-15-10(14)5-8-7-3-2-6(13)4-9(7)16-11(8)12/h2-4H,5H2,1H3. The molecule has 0 fully saturated rings. The average Bonchev–Trinajstić information content (AvgIpc) is 2.54. The Morgan fingerprint density at radius 1 is 1.56 bits per heavy atom. The fourth-order valence-electron chi connectivity index (χ4n) is 1.48. The van der Waals surface area contributed by atoms with Crippen LogP contribution in [0.4, 0.5) is 4.39 Å². The molecule has 0 radical (unpaired) electrons. The van der Waals surface area contributed by atoms with Crippen LogP contribution in [0.3, 0.4) is 0 Å². The summed E-state index contributed by atoms with van der Waals surface area (Å²) in [4.78, 5) is 11.2. The highest BCUT2D eigenvalue weighted by atomic mass is 79.9. The van der Waals surface area contributed by atoms with Gasteiger partial charge in [0.2, 0.25) is 0 Å². The molecule has 0 amide bonds. The average molecular weight is 287 g/mol. The van der Waals surface area contributed by atoms with Crippen LogP contribution in [0.2, 0.25) is 0 Å². The molecule has 0 aliphatic rings. The van der Waals surface area contributed by atoms with Crippen molar-refractivity contribution in [3.05, 3.63) is 34.2 Å². The molecule has 2 rings (SSSR count). The summed E-state index contributed by atoms with van der Waals surface area (Å²) in [6.07, 6.45) is 0.0930. The van der Waals surface area contributed by atoms with E-state index < -0.39 is 0 Å². The molecule has 0 saturated carbocycles. The Labute approximate surface area is 99.3 Å². The first-order valence-corrected chi connectivity index (χ1v) is 5.34. The molecule has 1 heterocycles. The summed E-state index contributed by atoms with van der Waals surface area (Å²) in [5.74, 6) is -0.744. The van der Waals surface area contributed by atoms with E-state index in [9.17, 15) is 9.18 Å². The summed E-state index contributed by atoms with van der Waals surface area (Å²) in [6, 6.07) is 4.18. The van der Waals surface area contributed by atoms with E-state index in [1.807, 2.05) is 0 Å². The molecule has 84 valence electrons. The minimum absolute atomic E-state index is 0.0930. The number of methoxy groups -OCH3 is 1. The lowest BCUT2D eigenvalue weighted by Gasteiger charge is -1.97. The number of halogens is 2. The molecule has 16 heavy (non-hydrogen) atoms. The Hall–Kier alpha value is -1.36. The molecule has 1 aromatic carbocycles. The minimum atomic E-state index is -0.377. The number of hydrogen-bond acceptors (Lipinski definition) is 3. The van der Waals surface area contributed by atoms with Gasteiger partial charge in [-0.05, 0) is 28.1 Å². The number of carbonyl (C=O) groups excluding carboxylic acids is 1. The maximum atomic E-state index is 12.9. The van der Waals surface area contributed by atoms with Crippen molar-refractivity contribution < 1.29 is 18.3 Å². The molecule has 0 bridgehead atoms. The highest BCUT2D eigenvalue weighted by Crippen LogP contribution is 2.30. The molecule has 5 heteroatoms. The topological polar surface area (TPSA) is 39.4 Å². The van der Waals surface area contributed by atoms with Gasteiger partial charge in [-0.25, -0.2) is 4.39 Å². The monoisotopic (exact) mass is 286 g/mol. The molecular weight excluding hydrogens is 279 g/mol. The van der Waals surface area contributed by atoms with Gasteiger partial charge in [-0.1, -0.05) is 0 Å². The van der Waals surface area contributed by atoms with Gasteiger partial charge in [0.1, 0.15) is 11.4 Å². The van der Waals surface area contributed by atoms with Crippen LogP contribution in [-0.2, 0) is 16.0 Å². The third-order valence-corrected chi connectivity index (χ3v) is 2.89. The Morgan fingerprint density at radius 2 is 2.31 bits per heavy atom. The molecule has 0 N–H and O–H groups in total. The van der Waals surface area contributed by atoms with E-state index in [-0.39, 0.29) is 18.2 Å². The predicted molar refractivity (Wildman–Crippen MR) is 59.6 cm³/mol. The van der Waals surface area contributed by atoms with E-state index in [0.717, 1.165) is 0 Å². The van der Waals surface area contributed by atoms with Gasteiger partial charge in [-0.15, -0.1) is 0 Å². The number of hydrogen-bond donors (Lipinski definition) is 0. The summed E-state index contributed by atoms with van der Waals surface area (Å²) >= 11 is 3.19. The second-order valence-corrected chi connectivity index (χ2v) is 3.97. The van der Waals surface area contributed by atoms with Gasteiger partial charge < -0.3 is 9.15 Å². The van der Waals surface area contributed by atoms with Gasteiger partial charge >= 0.3 is 5.97 Å². The van der Waals surface area contributed by atoms with Crippen LogP contribution >= 0.6 is 15.9 Å². The number of furan rings is 1. The van der Waals surface area contributed by atoms with Crippen LogP contribution in [0.15, 0.2) is 27.3 Å². The first kappa shape index (κ1) is 11.1. The fraction of sp³-hybridized carbons (Fsp3) is 0.182. The summed E-state index contributed by atoms with van der Waals surface area (Å²) in [7, 11) is 1.32. The van der Waals surface area contributed by atoms with Gasteiger partial charge in [0, 0.05) is 17.0 Å². The lowest BCUT2D eigenvalue weighted by Crippen LogP contribution is -2.04. The van der Waals surface area contributed by atoms with Crippen LogP contribution in [0, 0.1) is 5.82 Å². The first-order valence-electron chi connectivity index (χ1n) is 4.55. The minimum Gasteiger partial charge on any atom is -0.469 e. The normalized spacial score (nSPS) is 10.7. The summed E-state index contributed by atoms with van der Waals surface area (Å²) < 4.78 is 23.2. The van der Waals surface area contributed by atoms with Crippen molar-refractivity contribution in [3.8, 4) is 0 Å². The third-order valence-electron chi connectivity index (χ3n) is 2.25. The second-order valence-electron chi connectivity index (χ2n) is 3.25. The van der Waals surface area contributed by atoms with Gasteiger partial charge in [0.05, 0.1) is 13.5 Å². The maximum Gasteiger partial charge on any atom is 0.310 e. The Kier molecular flexibility index (Phi) is 2.96. The Balaban J connectivity index is 2.52. The van der Waals surface area contributed by atoms with Crippen molar-refractivity contribution in [2.45, 2.75) is 6.42 Å². The van der Waals surface area contributed by atoms with Crippen molar-refractivity contribution in [2.75, 3.05) is 7.11 Å². The number of carbonyl (C=O) groups is 1. The largest absolute Gasteiger partial charge is 0.469 e. The highest BCUT2D eigenvalue weighted by molar-refractivity contribution is 9.10. The van der Waals surface area contributed by atoms with Crippen LogP contribution in [0.25, 0.3) is 11.0 Å². The molecule has 0 aliphatic heterocycles. The zero-order chi connectivity index (χ0) is 11.7. The Morgan fingerprint density at radius 3 is 3.00 bits per heavy atom. The highest BCUT2D eigenvalue weighted by Gasteiger charge is 2.16. The van der Waals surface area contributed by atoms with Crippen molar-refractivity contribution >= 4 is 32.9 Å². The SMILES string of the molecule is COC(=O)Cc1c(Br)oc2cc(F)ccc12. The number of rotatable bonds is 2. The summed E-state index contributed by atoms with van der Waals surface area (Å²) in [6.45, 7) is 0. The Bertz CT molecular complexity index is 547. The number of benzene rings is 1. The molecule has 1 aromatic heterocycles. The predicted octanol–water partition coefficient (Wildman–Crippen LogP) is 3.05. The van der Waals surface area contributed by atoms with Crippen LogP contribution < -0.4 is 0 Å². The number of esters is 1. The molecule has 0 saturated heterocycles. The quantitative estimate of drug-likeness (QED) is 0.797. The van der Waals surface area contributed by atoms with Crippen LogP contribution in [-0.4, -0.2) is 13.1 Å². The smallest absolute Gasteiger partial charge is 0.310 e. The number of ether oxygens (including phenoxy) is 1. The van der Waals surface area contributed by atoms with Crippen molar-refractivity contribution in [1.82, 2.24) is 0 Å². The molecule has 0 spiro atoms. The van der Waals surface area contributed by atoms with Gasteiger partial charge in [0.15, 0.2) is 4.67 Å². The van der Waals surface area contributed by atoms with Crippen molar-refractivity contribution in [3.63, 3.8) is 0 Å². The molecule has 2 aromatic rings. The van der Waals surface area contributed by atoms with E-state index in [2.05, 4.69) is 20.7 Å². The van der Waals surface area contributed by atoms with Crippen LogP contribution in [0.1, 0.15) is 5.56 Å². The number of fused-ring (bicyclic) bond motifs is 1. The van der Waals surface area contributed by atoms with E-state index in [1.165, 1.54) is 19.2 Å². The van der Waals surface area contributed by atoms with E-state index >= 15 is 0 Å². The van der Waals surface area contributed by atoms with Crippen molar-refractivity contribution in [1.29, 1.82) is 0 Å². The van der Waals surface area contributed by atoms with Gasteiger partial charge in [-0.2, -0.15) is 0 Å². The lowest BCUT2D eigenvalue weighted by atomic mass is 10.1. The lowest BCUT2D eigenvalue weighted by molar-refractivity contribution is -0.139. The van der Waals surface area contributed by atoms with Crippen molar-refractivity contribution in [2.24, 2.45) is 0 Å². The molecule has 0 aliphatic carbocycles. The fourth-order valence-corrected chi connectivity index (χ4v) is 2.00. The maximum absolute atomic E-state index is 12.9. The first-order chi connectivity index (χ1) is 7.61.